The van der Waals surface area contributed by atoms with Gasteiger partial charge in [0.15, 0.2) is 0 Å². The van der Waals surface area contributed by atoms with E-state index >= 15 is 0 Å². The van der Waals surface area contributed by atoms with Gasteiger partial charge in [0, 0.05) is 35.3 Å². The van der Waals surface area contributed by atoms with Crippen molar-refractivity contribution in [2.45, 2.75) is 6.54 Å². The molecular weight excluding hydrogens is 281 g/mol. The molecule has 0 atom stereocenters. The van der Waals surface area contributed by atoms with Crippen LogP contribution in [0.5, 0.6) is 0 Å². The normalized spacial score (nSPS) is 16.6. The minimum atomic E-state index is -0.992. The largest absolute Gasteiger partial charge is 0.477 e. The molecule has 0 saturated carbocycles. The number of aromatic carboxylic acids is 1. The van der Waals surface area contributed by atoms with Crippen molar-refractivity contribution < 1.29 is 19.0 Å². The van der Waals surface area contributed by atoms with Gasteiger partial charge in [0.25, 0.3) is 0 Å². The van der Waals surface area contributed by atoms with Gasteiger partial charge in [0.2, 0.25) is 0 Å². The predicted octanol–water partition coefficient (Wildman–Crippen LogP) is 2.57. The Kier molecular flexibility index (Phi) is 3.69. The highest BCUT2D eigenvalue weighted by Crippen LogP contribution is 2.34. The number of rotatable bonds is 3. The maximum atomic E-state index is 14.0. The van der Waals surface area contributed by atoms with E-state index < -0.39 is 5.97 Å². The van der Waals surface area contributed by atoms with Crippen LogP contribution < -0.4 is 0 Å². The van der Waals surface area contributed by atoms with Crippen LogP contribution in [-0.4, -0.2) is 42.3 Å². The van der Waals surface area contributed by atoms with Crippen LogP contribution >= 0.6 is 11.3 Å². The summed E-state index contributed by atoms with van der Waals surface area (Å²) < 4.78 is 20.0. The van der Waals surface area contributed by atoms with Gasteiger partial charge < -0.3 is 9.84 Å². The molecule has 1 N–H and O–H groups in total. The number of carboxylic acid groups (broad SMARTS) is 1. The summed E-state index contributed by atoms with van der Waals surface area (Å²) in [6, 6.07) is 4.75. The second-order valence-electron chi connectivity index (χ2n) is 4.72. The third-order valence-electron chi connectivity index (χ3n) is 3.44. The predicted molar refractivity (Wildman–Crippen MR) is 74.8 cm³/mol. The SMILES string of the molecule is O=C(O)c1sc2cccc(F)c2c1CN1CCOCC1. The Balaban J connectivity index is 2.06. The average Bonchev–Trinajstić information content (AvgIpc) is 2.80. The number of hydrogen-bond donors (Lipinski definition) is 1. The first-order valence-corrected chi connectivity index (χ1v) is 7.22. The van der Waals surface area contributed by atoms with Crippen molar-refractivity contribution in [3.05, 3.63) is 34.5 Å². The van der Waals surface area contributed by atoms with Crippen LogP contribution in [0.3, 0.4) is 0 Å². The number of carboxylic acids is 1. The summed E-state index contributed by atoms with van der Waals surface area (Å²) in [5.74, 6) is -1.34. The molecule has 1 saturated heterocycles. The van der Waals surface area contributed by atoms with E-state index in [1.807, 2.05) is 0 Å². The molecule has 3 rings (SSSR count). The molecule has 20 heavy (non-hydrogen) atoms. The van der Waals surface area contributed by atoms with Gasteiger partial charge in [-0.15, -0.1) is 11.3 Å². The van der Waals surface area contributed by atoms with E-state index in [0.29, 0.717) is 35.4 Å². The maximum absolute atomic E-state index is 14.0. The van der Waals surface area contributed by atoms with Crippen molar-refractivity contribution >= 4 is 27.4 Å². The zero-order chi connectivity index (χ0) is 14.1. The topological polar surface area (TPSA) is 49.8 Å². The van der Waals surface area contributed by atoms with Crippen LogP contribution in [0.4, 0.5) is 4.39 Å². The molecule has 0 unspecified atom stereocenters. The number of carbonyl (C=O) groups is 1. The molecule has 0 radical (unpaired) electrons. The molecule has 1 aliphatic rings. The van der Waals surface area contributed by atoms with Gasteiger partial charge in [-0.2, -0.15) is 0 Å². The fraction of sp³-hybridized carbons (Fsp3) is 0.357. The van der Waals surface area contributed by atoms with E-state index in [9.17, 15) is 14.3 Å². The number of morpholine rings is 1. The highest BCUT2D eigenvalue weighted by atomic mass is 32.1. The summed E-state index contributed by atoms with van der Waals surface area (Å²) in [6.07, 6.45) is 0. The molecule has 4 nitrogen and oxygen atoms in total. The van der Waals surface area contributed by atoms with E-state index in [2.05, 4.69) is 4.90 Å². The average molecular weight is 295 g/mol. The van der Waals surface area contributed by atoms with Gasteiger partial charge in [-0.25, -0.2) is 9.18 Å². The van der Waals surface area contributed by atoms with Crippen LogP contribution in [0, 0.1) is 5.82 Å². The number of benzene rings is 1. The smallest absolute Gasteiger partial charge is 0.346 e. The Bertz CT molecular complexity index is 649. The van der Waals surface area contributed by atoms with E-state index in [4.69, 9.17) is 4.74 Å². The Hall–Kier alpha value is -1.50. The number of nitrogens with zero attached hydrogens (tertiary/aromatic N) is 1. The number of halogens is 1. The molecule has 0 spiro atoms. The Labute approximate surface area is 119 Å². The molecule has 2 heterocycles. The van der Waals surface area contributed by atoms with Crippen LogP contribution in [-0.2, 0) is 11.3 Å². The van der Waals surface area contributed by atoms with Crippen molar-refractivity contribution in [2.75, 3.05) is 26.3 Å². The van der Waals surface area contributed by atoms with Crippen LogP contribution in [0.25, 0.3) is 10.1 Å². The van der Waals surface area contributed by atoms with E-state index in [1.54, 1.807) is 12.1 Å². The van der Waals surface area contributed by atoms with Gasteiger partial charge in [-0.1, -0.05) is 6.07 Å². The van der Waals surface area contributed by atoms with E-state index in [0.717, 1.165) is 24.4 Å². The van der Waals surface area contributed by atoms with Crippen LogP contribution in [0.15, 0.2) is 18.2 Å². The van der Waals surface area contributed by atoms with Gasteiger partial charge >= 0.3 is 5.97 Å². The number of thiophene rings is 1. The molecule has 1 fully saturated rings. The van der Waals surface area contributed by atoms with Crippen LogP contribution in [0.1, 0.15) is 15.2 Å². The second kappa shape index (κ2) is 5.47. The van der Waals surface area contributed by atoms with Crippen LogP contribution in [0.2, 0.25) is 0 Å². The highest BCUT2D eigenvalue weighted by Gasteiger charge is 2.22. The van der Waals surface area contributed by atoms with E-state index in [1.165, 1.54) is 6.07 Å². The monoisotopic (exact) mass is 295 g/mol. The standard InChI is InChI=1S/C14H14FNO3S/c15-10-2-1-3-11-12(10)9(13(20-11)14(17)18)8-16-4-6-19-7-5-16/h1-3H,4-8H2,(H,17,18). The van der Waals surface area contributed by atoms with Crippen molar-refractivity contribution in [1.29, 1.82) is 0 Å². The summed E-state index contributed by atoms with van der Waals surface area (Å²) >= 11 is 1.14. The third kappa shape index (κ3) is 2.42. The zero-order valence-electron chi connectivity index (χ0n) is 10.8. The van der Waals surface area contributed by atoms with Gasteiger partial charge in [-0.05, 0) is 12.1 Å². The molecule has 0 bridgehead atoms. The number of fused-ring (bicyclic) bond motifs is 1. The first-order valence-electron chi connectivity index (χ1n) is 6.40. The minimum absolute atomic E-state index is 0.233. The molecule has 1 aromatic carbocycles. The summed E-state index contributed by atoms with van der Waals surface area (Å²) in [5.41, 5.74) is 0.581. The molecule has 1 aliphatic heterocycles. The number of ether oxygens (including phenoxy) is 1. The van der Waals surface area contributed by atoms with Gasteiger partial charge in [0.05, 0.1) is 13.2 Å². The summed E-state index contributed by atoms with van der Waals surface area (Å²) in [4.78, 5) is 13.7. The maximum Gasteiger partial charge on any atom is 0.346 e. The highest BCUT2D eigenvalue weighted by molar-refractivity contribution is 7.21. The molecule has 6 heteroatoms. The zero-order valence-corrected chi connectivity index (χ0v) is 11.6. The molecule has 0 aliphatic carbocycles. The molecule has 1 aromatic heterocycles. The summed E-state index contributed by atoms with van der Waals surface area (Å²) in [5, 5.41) is 9.78. The minimum Gasteiger partial charge on any atom is -0.477 e. The quantitative estimate of drug-likeness (QED) is 0.945. The van der Waals surface area contributed by atoms with Gasteiger partial charge in [-0.3, -0.25) is 4.90 Å². The van der Waals surface area contributed by atoms with E-state index in [-0.39, 0.29) is 10.7 Å². The Morgan fingerprint density at radius 2 is 2.15 bits per heavy atom. The lowest BCUT2D eigenvalue weighted by Gasteiger charge is -2.26. The van der Waals surface area contributed by atoms with Crippen molar-refractivity contribution in [3.8, 4) is 0 Å². The fourth-order valence-corrected chi connectivity index (χ4v) is 3.54. The molecule has 0 amide bonds. The van der Waals surface area contributed by atoms with Crippen molar-refractivity contribution in [3.63, 3.8) is 0 Å². The van der Waals surface area contributed by atoms with Crippen molar-refractivity contribution in [1.82, 2.24) is 4.90 Å². The second-order valence-corrected chi connectivity index (χ2v) is 5.77. The molecule has 2 aromatic rings. The van der Waals surface area contributed by atoms with Gasteiger partial charge in [0.1, 0.15) is 10.7 Å². The Morgan fingerprint density at radius 3 is 2.85 bits per heavy atom. The first kappa shape index (κ1) is 13.5. The first-order chi connectivity index (χ1) is 9.66. The Morgan fingerprint density at radius 1 is 1.40 bits per heavy atom. The number of hydrogen-bond acceptors (Lipinski definition) is 4. The fourth-order valence-electron chi connectivity index (χ4n) is 2.47. The third-order valence-corrected chi connectivity index (χ3v) is 4.63. The van der Waals surface area contributed by atoms with Crippen molar-refractivity contribution in [2.24, 2.45) is 0 Å². The summed E-state index contributed by atoms with van der Waals surface area (Å²) in [7, 11) is 0. The summed E-state index contributed by atoms with van der Waals surface area (Å²) in [6.45, 7) is 3.20. The molecular formula is C14H14FNO3S. The lowest BCUT2D eigenvalue weighted by atomic mass is 10.1. The lowest BCUT2D eigenvalue weighted by molar-refractivity contribution is 0.0342. The lowest BCUT2D eigenvalue weighted by Crippen LogP contribution is -2.35. The molecule has 106 valence electrons.